The van der Waals surface area contributed by atoms with Crippen LogP contribution in [0.15, 0.2) is 5.38 Å². The van der Waals surface area contributed by atoms with Crippen molar-refractivity contribution in [3.8, 4) is 0 Å². The number of likely N-dealkylation sites (tertiary alicyclic amines) is 1. The summed E-state index contributed by atoms with van der Waals surface area (Å²) in [7, 11) is 3.45. The molecule has 1 aromatic rings. The molecule has 2 heterocycles. The second-order valence-electron chi connectivity index (χ2n) is 5.03. The first-order valence-electron chi connectivity index (χ1n) is 6.17. The molecule has 19 heavy (non-hydrogen) atoms. The van der Waals surface area contributed by atoms with Crippen LogP contribution >= 0.6 is 11.3 Å². The number of aromatic nitrogens is 1. The Morgan fingerprint density at radius 3 is 2.68 bits per heavy atom. The maximum absolute atomic E-state index is 11.6. The third kappa shape index (κ3) is 3.73. The molecule has 1 amide bonds. The molecule has 2 rings (SSSR count). The average molecular weight is 285 g/mol. The summed E-state index contributed by atoms with van der Waals surface area (Å²) < 4.78 is 0. The van der Waals surface area contributed by atoms with Gasteiger partial charge in [-0.05, 0) is 0 Å². The lowest BCUT2D eigenvalue weighted by Gasteiger charge is -2.12. The van der Waals surface area contributed by atoms with Crippen molar-refractivity contribution in [3.63, 3.8) is 0 Å². The maximum Gasteiger partial charge on any atom is 0.228 e. The summed E-state index contributed by atoms with van der Waals surface area (Å²) in [5.74, 6) is 0.0351. The molecule has 0 radical (unpaired) electrons. The predicted octanol–water partition coefficient (Wildman–Crippen LogP) is -0.689. The van der Waals surface area contributed by atoms with Crippen molar-refractivity contribution in [2.75, 3.05) is 27.2 Å². The zero-order valence-corrected chi connectivity index (χ0v) is 11.9. The molecule has 0 aromatic carbocycles. The molecular formula is C12H19N3O3S. The fourth-order valence-corrected chi connectivity index (χ4v) is 2.77. The second-order valence-corrected chi connectivity index (χ2v) is 5.97. The molecule has 1 saturated heterocycles. The number of rotatable bonds is 4. The zero-order valence-electron chi connectivity index (χ0n) is 11.1. The highest BCUT2D eigenvalue weighted by Crippen LogP contribution is 2.17. The van der Waals surface area contributed by atoms with Gasteiger partial charge in [-0.15, -0.1) is 11.3 Å². The highest BCUT2D eigenvalue weighted by Gasteiger charge is 2.29. The Balaban J connectivity index is 1.89. The number of hydrogen-bond acceptors (Lipinski definition) is 6. The molecule has 1 aliphatic rings. The van der Waals surface area contributed by atoms with E-state index in [9.17, 15) is 15.0 Å². The standard InChI is InChI=1S/C12H19N3O3S/c1-14(2)12(18)3-11-13-8(7-19-11)4-15-5-9(16)10(17)6-15/h7,9-10,16-17H,3-6H2,1-2H3. The number of carbonyl (C=O) groups excluding carboxylic acids is 1. The van der Waals surface area contributed by atoms with Gasteiger partial charge in [0.2, 0.25) is 5.91 Å². The Morgan fingerprint density at radius 1 is 1.47 bits per heavy atom. The van der Waals surface area contributed by atoms with E-state index < -0.39 is 12.2 Å². The topological polar surface area (TPSA) is 76.9 Å². The summed E-state index contributed by atoms with van der Waals surface area (Å²) in [6.07, 6.45) is -1.02. The third-order valence-electron chi connectivity index (χ3n) is 3.12. The lowest BCUT2D eigenvalue weighted by Crippen LogP contribution is -2.23. The molecule has 6 nitrogen and oxygen atoms in total. The van der Waals surface area contributed by atoms with Crippen LogP contribution in [0.2, 0.25) is 0 Å². The van der Waals surface area contributed by atoms with Crippen molar-refractivity contribution in [2.24, 2.45) is 0 Å². The first-order valence-corrected chi connectivity index (χ1v) is 7.05. The quantitative estimate of drug-likeness (QED) is 0.766. The van der Waals surface area contributed by atoms with E-state index >= 15 is 0 Å². The highest BCUT2D eigenvalue weighted by atomic mass is 32.1. The molecule has 2 unspecified atom stereocenters. The van der Waals surface area contributed by atoms with Crippen LogP contribution in [0.5, 0.6) is 0 Å². The van der Waals surface area contributed by atoms with Crippen LogP contribution in [-0.4, -0.2) is 70.3 Å². The summed E-state index contributed by atoms with van der Waals surface area (Å²) >= 11 is 1.47. The van der Waals surface area contributed by atoms with Gasteiger partial charge in [0.15, 0.2) is 0 Å². The van der Waals surface area contributed by atoms with Crippen LogP contribution in [0.4, 0.5) is 0 Å². The van der Waals surface area contributed by atoms with Crippen molar-refractivity contribution in [2.45, 2.75) is 25.2 Å². The van der Waals surface area contributed by atoms with E-state index in [2.05, 4.69) is 4.98 Å². The van der Waals surface area contributed by atoms with Crippen molar-refractivity contribution < 1.29 is 15.0 Å². The van der Waals surface area contributed by atoms with Crippen LogP contribution in [0.25, 0.3) is 0 Å². The molecule has 0 spiro atoms. The van der Waals surface area contributed by atoms with Gasteiger partial charge in [0, 0.05) is 39.1 Å². The Bertz CT molecular complexity index is 439. The third-order valence-corrected chi connectivity index (χ3v) is 4.02. The summed E-state index contributed by atoms with van der Waals surface area (Å²) in [5.41, 5.74) is 0.882. The van der Waals surface area contributed by atoms with E-state index in [4.69, 9.17) is 0 Å². The molecule has 1 fully saturated rings. The predicted molar refractivity (Wildman–Crippen MR) is 71.8 cm³/mol. The summed E-state index contributed by atoms with van der Waals surface area (Å²) in [6.45, 7) is 1.52. The van der Waals surface area contributed by atoms with Crippen LogP contribution < -0.4 is 0 Å². The van der Waals surface area contributed by atoms with Gasteiger partial charge in [0.25, 0.3) is 0 Å². The van der Waals surface area contributed by atoms with Gasteiger partial charge in [-0.2, -0.15) is 0 Å². The highest BCUT2D eigenvalue weighted by molar-refractivity contribution is 7.09. The minimum absolute atomic E-state index is 0.0351. The summed E-state index contributed by atoms with van der Waals surface area (Å²) in [5, 5.41) is 21.7. The Hall–Kier alpha value is -1.02. The molecule has 2 N–H and O–H groups in total. The zero-order chi connectivity index (χ0) is 14.0. The minimum Gasteiger partial charge on any atom is -0.389 e. The number of carbonyl (C=O) groups is 1. The summed E-state index contributed by atoms with van der Waals surface area (Å²) in [4.78, 5) is 19.5. The van der Waals surface area contributed by atoms with Crippen molar-refractivity contribution in [1.29, 1.82) is 0 Å². The number of aliphatic hydroxyl groups is 2. The number of aliphatic hydroxyl groups excluding tert-OH is 2. The van der Waals surface area contributed by atoms with Gasteiger partial charge >= 0.3 is 0 Å². The normalized spacial score (nSPS) is 23.8. The molecule has 2 atom stereocenters. The Morgan fingerprint density at radius 2 is 2.11 bits per heavy atom. The number of hydrogen-bond donors (Lipinski definition) is 2. The lowest BCUT2D eigenvalue weighted by atomic mass is 10.3. The smallest absolute Gasteiger partial charge is 0.228 e. The van der Waals surface area contributed by atoms with Crippen LogP contribution in [-0.2, 0) is 17.8 Å². The van der Waals surface area contributed by atoms with E-state index in [1.165, 1.54) is 11.3 Å². The molecule has 1 aliphatic heterocycles. The first-order chi connectivity index (χ1) is 8.95. The average Bonchev–Trinajstić information content (AvgIpc) is 2.87. The number of nitrogens with zero attached hydrogens (tertiary/aromatic N) is 3. The Kier molecular flexibility index (Phi) is 4.51. The molecule has 0 saturated carbocycles. The second kappa shape index (κ2) is 5.96. The van der Waals surface area contributed by atoms with Crippen molar-refractivity contribution >= 4 is 17.2 Å². The van der Waals surface area contributed by atoms with E-state index in [0.29, 0.717) is 26.1 Å². The molecular weight excluding hydrogens is 266 g/mol. The van der Waals surface area contributed by atoms with Gasteiger partial charge < -0.3 is 15.1 Å². The fraction of sp³-hybridized carbons (Fsp3) is 0.667. The van der Waals surface area contributed by atoms with Gasteiger partial charge in [-0.1, -0.05) is 0 Å². The lowest BCUT2D eigenvalue weighted by molar-refractivity contribution is -0.127. The van der Waals surface area contributed by atoms with Crippen LogP contribution in [0.1, 0.15) is 10.7 Å². The van der Waals surface area contributed by atoms with Crippen molar-refractivity contribution in [1.82, 2.24) is 14.8 Å². The van der Waals surface area contributed by atoms with Gasteiger partial charge in [-0.3, -0.25) is 9.69 Å². The summed E-state index contributed by atoms with van der Waals surface area (Å²) in [6, 6.07) is 0. The van der Waals surface area contributed by atoms with Crippen molar-refractivity contribution in [3.05, 3.63) is 16.1 Å². The number of amides is 1. The van der Waals surface area contributed by atoms with E-state index in [-0.39, 0.29) is 5.91 Å². The van der Waals surface area contributed by atoms with Crippen LogP contribution in [0.3, 0.4) is 0 Å². The number of β-amino-alcohol motifs (C(OH)–C–C–N with tert-alkyl or cyclic N) is 2. The van der Waals surface area contributed by atoms with Gasteiger partial charge in [0.1, 0.15) is 5.01 Å². The SMILES string of the molecule is CN(C)C(=O)Cc1nc(CN2CC(O)C(O)C2)cs1. The number of thiazole rings is 1. The molecule has 0 aliphatic carbocycles. The first kappa shape index (κ1) is 14.4. The van der Waals surface area contributed by atoms with E-state index in [1.807, 2.05) is 10.3 Å². The molecule has 7 heteroatoms. The Labute approximate surface area is 116 Å². The minimum atomic E-state index is -0.673. The van der Waals surface area contributed by atoms with Gasteiger partial charge in [0.05, 0.1) is 24.3 Å². The van der Waals surface area contributed by atoms with E-state index in [0.717, 1.165) is 10.7 Å². The fourth-order valence-electron chi connectivity index (χ4n) is 2.00. The van der Waals surface area contributed by atoms with Crippen LogP contribution in [0, 0.1) is 0 Å². The monoisotopic (exact) mass is 285 g/mol. The van der Waals surface area contributed by atoms with Gasteiger partial charge in [-0.25, -0.2) is 4.98 Å². The van der Waals surface area contributed by atoms with E-state index in [1.54, 1.807) is 19.0 Å². The molecule has 106 valence electrons. The maximum atomic E-state index is 11.6. The number of likely N-dealkylation sites (N-methyl/N-ethyl adjacent to an activating group) is 1. The molecule has 1 aromatic heterocycles. The largest absolute Gasteiger partial charge is 0.389 e. The molecule has 0 bridgehead atoms.